The normalized spacial score (nSPS) is 10.7. The molecule has 0 saturated carbocycles. The van der Waals surface area contributed by atoms with E-state index in [9.17, 15) is 4.79 Å². The number of nitrogens with one attached hydrogen (secondary N) is 1. The third kappa shape index (κ3) is 6.27. The van der Waals surface area contributed by atoms with Crippen molar-refractivity contribution in [2.24, 2.45) is 0 Å². The van der Waals surface area contributed by atoms with Crippen molar-refractivity contribution >= 4 is 17.7 Å². The van der Waals surface area contributed by atoms with E-state index in [1.165, 1.54) is 0 Å². The van der Waals surface area contributed by atoms with Gasteiger partial charge in [0.2, 0.25) is 0 Å². The first-order chi connectivity index (χ1) is 19.1. The average Bonchev–Trinajstić information content (AvgIpc) is 3.43. The molecule has 0 spiro atoms. The summed E-state index contributed by atoms with van der Waals surface area (Å²) >= 11 is 1.57. The minimum Gasteiger partial charge on any atom is -0.497 e. The summed E-state index contributed by atoms with van der Waals surface area (Å²) in [5.41, 5.74) is 4.49. The summed E-state index contributed by atoms with van der Waals surface area (Å²) in [5, 5.41) is 12.7. The van der Waals surface area contributed by atoms with E-state index >= 15 is 0 Å². The van der Waals surface area contributed by atoms with Gasteiger partial charge in [0, 0.05) is 41.5 Å². The standard InChI is InChI=1S/C30H27N5O3S/c1-37-26-12-10-25(11-13-26)35-28(24-4-3-5-27(18-24)38-2)33-34-30(35)39-20-22-6-8-23(9-7-22)29(36)32-19-21-14-16-31-17-15-21/h3-18H,19-20H2,1-2H3,(H,32,36). The van der Waals surface area contributed by atoms with Crippen LogP contribution in [-0.4, -0.2) is 39.9 Å². The quantitative estimate of drug-likeness (QED) is 0.233. The van der Waals surface area contributed by atoms with E-state index < -0.39 is 0 Å². The molecule has 2 aromatic heterocycles. The summed E-state index contributed by atoms with van der Waals surface area (Å²) < 4.78 is 12.8. The number of pyridine rings is 1. The SMILES string of the molecule is COc1ccc(-n2c(SCc3ccc(C(=O)NCc4ccncc4)cc3)nnc2-c2cccc(OC)c2)cc1. The van der Waals surface area contributed by atoms with Crippen molar-refractivity contribution in [1.29, 1.82) is 0 Å². The highest BCUT2D eigenvalue weighted by molar-refractivity contribution is 7.98. The lowest BCUT2D eigenvalue weighted by Gasteiger charge is -2.12. The molecule has 0 atom stereocenters. The van der Waals surface area contributed by atoms with Crippen LogP contribution >= 0.6 is 11.8 Å². The van der Waals surface area contributed by atoms with Gasteiger partial charge >= 0.3 is 0 Å². The molecule has 5 rings (SSSR count). The van der Waals surface area contributed by atoms with Gasteiger partial charge in [0.25, 0.3) is 5.91 Å². The van der Waals surface area contributed by atoms with E-state index in [4.69, 9.17) is 9.47 Å². The molecular weight excluding hydrogens is 510 g/mol. The zero-order valence-corrected chi connectivity index (χ0v) is 22.4. The Balaban J connectivity index is 1.33. The molecule has 2 heterocycles. The number of benzene rings is 3. The molecule has 0 unspecified atom stereocenters. The van der Waals surface area contributed by atoms with Crippen molar-refractivity contribution in [3.8, 4) is 28.6 Å². The molecule has 5 aromatic rings. The maximum absolute atomic E-state index is 12.6. The maximum Gasteiger partial charge on any atom is 0.251 e. The molecule has 3 aromatic carbocycles. The first-order valence-electron chi connectivity index (χ1n) is 12.3. The molecule has 1 N–H and O–H groups in total. The summed E-state index contributed by atoms with van der Waals surface area (Å²) in [6.07, 6.45) is 3.42. The molecular formula is C30H27N5O3S. The molecule has 0 aliphatic rings. The Morgan fingerprint density at radius 1 is 0.846 bits per heavy atom. The fourth-order valence-corrected chi connectivity index (χ4v) is 4.87. The lowest BCUT2D eigenvalue weighted by Crippen LogP contribution is -2.22. The zero-order chi connectivity index (χ0) is 27.0. The van der Waals surface area contributed by atoms with Gasteiger partial charge in [-0.15, -0.1) is 10.2 Å². The van der Waals surface area contributed by atoms with Gasteiger partial charge < -0.3 is 14.8 Å². The van der Waals surface area contributed by atoms with Crippen LogP contribution < -0.4 is 14.8 Å². The number of hydrogen-bond acceptors (Lipinski definition) is 7. The van der Waals surface area contributed by atoms with Crippen LogP contribution in [0.15, 0.2) is 102 Å². The van der Waals surface area contributed by atoms with Gasteiger partial charge in [0.1, 0.15) is 11.5 Å². The van der Waals surface area contributed by atoms with Crippen LogP contribution in [0.2, 0.25) is 0 Å². The number of amides is 1. The van der Waals surface area contributed by atoms with Crippen LogP contribution in [0, 0.1) is 0 Å². The summed E-state index contributed by atoms with van der Waals surface area (Å²) in [5.74, 6) is 2.77. The van der Waals surface area contributed by atoms with E-state index in [2.05, 4.69) is 20.5 Å². The number of rotatable bonds is 10. The van der Waals surface area contributed by atoms with Gasteiger partial charge in [-0.1, -0.05) is 36.0 Å². The van der Waals surface area contributed by atoms with E-state index in [1.54, 1.807) is 38.4 Å². The second-order valence-corrected chi connectivity index (χ2v) is 9.54. The van der Waals surface area contributed by atoms with Gasteiger partial charge in [-0.2, -0.15) is 0 Å². The zero-order valence-electron chi connectivity index (χ0n) is 21.6. The monoisotopic (exact) mass is 537 g/mol. The van der Waals surface area contributed by atoms with Gasteiger partial charge in [-0.25, -0.2) is 0 Å². The summed E-state index contributed by atoms with van der Waals surface area (Å²) in [7, 11) is 3.29. The molecule has 0 radical (unpaired) electrons. The minimum atomic E-state index is -0.117. The molecule has 0 aliphatic carbocycles. The fraction of sp³-hybridized carbons (Fsp3) is 0.133. The van der Waals surface area contributed by atoms with Crippen molar-refractivity contribution < 1.29 is 14.3 Å². The van der Waals surface area contributed by atoms with E-state index in [-0.39, 0.29) is 5.91 Å². The predicted octanol–water partition coefficient (Wildman–Crippen LogP) is 5.57. The van der Waals surface area contributed by atoms with E-state index in [1.807, 2.05) is 89.5 Å². The second-order valence-electron chi connectivity index (χ2n) is 8.60. The van der Waals surface area contributed by atoms with Gasteiger partial charge in [0.05, 0.1) is 14.2 Å². The summed E-state index contributed by atoms with van der Waals surface area (Å²) in [4.78, 5) is 16.6. The molecule has 196 valence electrons. The fourth-order valence-electron chi connectivity index (χ4n) is 3.96. The Hall–Kier alpha value is -4.63. The third-order valence-electron chi connectivity index (χ3n) is 6.08. The Labute approximate surface area is 231 Å². The molecule has 9 heteroatoms. The number of carbonyl (C=O) groups is 1. The lowest BCUT2D eigenvalue weighted by molar-refractivity contribution is 0.0951. The van der Waals surface area contributed by atoms with E-state index in [0.717, 1.165) is 39.0 Å². The van der Waals surface area contributed by atoms with Crippen molar-refractivity contribution in [2.75, 3.05) is 14.2 Å². The largest absolute Gasteiger partial charge is 0.497 e. The number of aromatic nitrogens is 4. The number of thioether (sulfide) groups is 1. The maximum atomic E-state index is 12.6. The minimum absolute atomic E-state index is 0.117. The predicted molar refractivity (Wildman–Crippen MR) is 151 cm³/mol. The van der Waals surface area contributed by atoms with Crippen LogP contribution in [0.1, 0.15) is 21.5 Å². The molecule has 0 aliphatic heterocycles. The van der Waals surface area contributed by atoms with Gasteiger partial charge in [0.15, 0.2) is 11.0 Å². The Bertz CT molecular complexity index is 1540. The number of methoxy groups -OCH3 is 2. The highest BCUT2D eigenvalue weighted by Gasteiger charge is 2.17. The van der Waals surface area contributed by atoms with E-state index in [0.29, 0.717) is 23.7 Å². The smallest absolute Gasteiger partial charge is 0.251 e. The van der Waals surface area contributed by atoms with Crippen molar-refractivity contribution in [1.82, 2.24) is 25.1 Å². The molecule has 0 saturated heterocycles. The first-order valence-corrected chi connectivity index (χ1v) is 13.3. The Morgan fingerprint density at radius 2 is 1.59 bits per heavy atom. The molecule has 0 fully saturated rings. The number of nitrogens with zero attached hydrogens (tertiary/aromatic N) is 4. The number of hydrogen-bond donors (Lipinski definition) is 1. The third-order valence-corrected chi connectivity index (χ3v) is 7.08. The van der Waals surface area contributed by atoms with Crippen LogP contribution in [0.4, 0.5) is 0 Å². The second kappa shape index (κ2) is 12.3. The molecule has 39 heavy (non-hydrogen) atoms. The topological polar surface area (TPSA) is 91.2 Å². The first kappa shape index (κ1) is 26.0. The molecule has 8 nitrogen and oxygen atoms in total. The van der Waals surface area contributed by atoms with Gasteiger partial charge in [-0.3, -0.25) is 14.3 Å². The Kier molecular flexibility index (Phi) is 8.18. The van der Waals surface area contributed by atoms with Crippen molar-refractivity contribution in [3.63, 3.8) is 0 Å². The Morgan fingerprint density at radius 3 is 2.31 bits per heavy atom. The lowest BCUT2D eigenvalue weighted by atomic mass is 10.1. The van der Waals surface area contributed by atoms with Gasteiger partial charge in [-0.05, 0) is 71.8 Å². The average molecular weight is 538 g/mol. The van der Waals surface area contributed by atoms with Crippen LogP contribution in [0.5, 0.6) is 11.5 Å². The summed E-state index contributed by atoms with van der Waals surface area (Å²) in [6.45, 7) is 0.454. The van der Waals surface area contributed by atoms with Crippen LogP contribution in [0.25, 0.3) is 17.1 Å². The molecule has 1 amide bonds. The van der Waals surface area contributed by atoms with Crippen LogP contribution in [0.3, 0.4) is 0 Å². The summed E-state index contributed by atoms with van der Waals surface area (Å²) in [6, 6.07) is 26.9. The molecule has 0 bridgehead atoms. The highest BCUT2D eigenvalue weighted by Crippen LogP contribution is 2.31. The van der Waals surface area contributed by atoms with Crippen LogP contribution in [-0.2, 0) is 12.3 Å². The highest BCUT2D eigenvalue weighted by atomic mass is 32.2. The number of ether oxygens (including phenoxy) is 2. The van der Waals surface area contributed by atoms with Crippen molar-refractivity contribution in [3.05, 3.63) is 114 Å². The number of carbonyl (C=O) groups excluding carboxylic acids is 1. The van der Waals surface area contributed by atoms with Crippen molar-refractivity contribution in [2.45, 2.75) is 17.5 Å².